The normalized spacial score (nSPS) is 47.1. The summed E-state index contributed by atoms with van der Waals surface area (Å²) in [5, 5.41) is 228. The van der Waals surface area contributed by atoms with Crippen LogP contribution < -0.4 is 16.0 Å². The van der Waals surface area contributed by atoms with Crippen LogP contribution in [0.15, 0.2) is 0 Å². The second-order valence-corrected chi connectivity index (χ2v) is 24.6. The van der Waals surface area contributed by atoms with Crippen LogP contribution >= 0.6 is 0 Å². The number of rotatable bonds is 25. The van der Waals surface area contributed by atoms with E-state index in [1.807, 2.05) is 0 Å². The molecule has 2 amide bonds. The molecule has 7 fully saturated rings. The third kappa shape index (κ3) is 17.2. The Balaban J connectivity index is 1.16. The zero-order valence-electron chi connectivity index (χ0n) is 51.2. The number of aliphatic hydroxyl groups excluding tert-OH is 19. The zero-order chi connectivity index (χ0) is 69.0. The zero-order valence-corrected chi connectivity index (χ0v) is 51.2. The molecule has 40 nitrogen and oxygen atoms in total. The van der Waals surface area contributed by atoms with Crippen molar-refractivity contribution in [2.75, 3.05) is 53.3 Å². The highest BCUT2D eigenvalue weighted by Crippen LogP contribution is 2.41. The first-order valence-electron chi connectivity index (χ1n) is 29.8. The molecule has 7 rings (SSSR count). The number of aliphatic carboxylic acids is 1. The second-order valence-electron chi connectivity index (χ2n) is 24.6. The molecule has 7 saturated heterocycles. The van der Waals surface area contributed by atoms with Crippen LogP contribution in [-0.4, -0.2) is 393 Å². The summed E-state index contributed by atoms with van der Waals surface area (Å²) in [6.07, 6.45) is -65.0. The number of hydrogen-bond donors (Lipinski definition) is 23. The molecule has 0 bridgehead atoms. The lowest BCUT2D eigenvalue weighted by atomic mass is 9.89. The number of carbonyl (C=O) groups excluding carboxylic acids is 2. The first kappa shape index (κ1) is 77.4. The van der Waals surface area contributed by atoms with Crippen LogP contribution in [0, 0.1) is 0 Å². The van der Waals surface area contributed by atoms with E-state index < -0.39 is 284 Å². The number of carbonyl (C=O) groups is 3. The summed E-state index contributed by atoms with van der Waals surface area (Å²) in [7, 11) is 1.07. The maximum absolute atomic E-state index is 13.3. The van der Waals surface area contributed by atoms with Crippen molar-refractivity contribution in [1.29, 1.82) is 0 Å². The van der Waals surface area contributed by atoms with Crippen molar-refractivity contribution in [1.82, 2.24) is 16.0 Å². The number of β-amino-alcohol motifs (C(OH)–C–C–N with tert-alkyl or cyclic N) is 1. The van der Waals surface area contributed by atoms with Crippen LogP contribution in [-0.2, 0) is 80.7 Å². The van der Waals surface area contributed by atoms with E-state index in [4.69, 9.17) is 66.3 Å². The van der Waals surface area contributed by atoms with E-state index in [0.717, 1.165) is 21.0 Å². The molecule has 7 aliphatic rings. The predicted octanol–water partition coefficient (Wildman–Crippen LogP) is -14.1. The Hall–Kier alpha value is -2.95. The summed E-state index contributed by atoms with van der Waals surface area (Å²) in [5.74, 6) is -6.67. The number of aliphatic hydroxyl groups is 19. The third-order valence-corrected chi connectivity index (χ3v) is 16.9. The van der Waals surface area contributed by atoms with Crippen LogP contribution in [0.2, 0.25) is 0 Å². The van der Waals surface area contributed by atoms with E-state index in [9.17, 15) is 117 Å². The highest BCUT2D eigenvalue weighted by molar-refractivity contribution is 5.76. The highest BCUT2D eigenvalue weighted by Gasteiger charge is 2.62. The van der Waals surface area contributed by atoms with Crippen molar-refractivity contribution in [2.45, 2.75) is 261 Å². The van der Waals surface area contributed by atoms with Crippen LogP contribution in [0.5, 0.6) is 0 Å². The molecule has 540 valence electrons. The number of carboxylic acid groups (broad SMARTS) is 1. The number of carboxylic acids is 1. The summed E-state index contributed by atoms with van der Waals surface area (Å²) in [5.41, 5.74) is -0.631. The Morgan fingerprint density at radius 2 is 0.882 bits per heavy atom. The van der Waals surface area contributed by atoms with Gasteiger partial charge in [-0.3, -0.25) is 9.59 Å². The standard InChI is InChI=1S/C53H91N3O37/c1-15(63)55-25-17(65)7-53(51(78)79,92-37(25)18(66)8-54-52(3,4)5)93-42-28(68)20(10-58)83-48(34(42)74)87-38-22(12-60)84-46(26(29(38)69)56-16(2)64)90-43-35(75)50(85-23(13-61)40(43)80-6)89-41-24(14-62)86-49(88-39-21(11-59)81-45(77)32(72)31(39)71)36(76)44(41)91-47-33(73)30(70)27(67)19(9-57)82-47/h17-50,54,57-62,65-77H,7-14H2,1-6H3,(H,55,63)(H,56,64)(H,78,79)/t17-,18?,19?,20?,21?,22?,23?,24?,25+,26?,27-,28+,29-,30+,31-,32?,33?,34?,35?,36?,37?,38-,39-,40-,41+,42+,43-,44-,45-,46+,47+,48+,49+,50-,53-/m1/s1. The van der Waals surface area contributed by atoms with Gasteiger partial charge in [0.1, 0.15) is 153 Å². The van der Waals surface area contributed by atoms with Gasteiger partial charge < -0.3 is 184 Å². The largest absolute Gasteiger partial charge is 0.477 e. The molecule has 14 unspecified atom stereocenters. The molecule has 7 aliphatic heterocycles. The average Bonchev–Trinajstić information content (AvgIpc) is 0.781. The maximum Gasteiger partial charge on any atom is 0.364 e. The van der Waals surface area contributed by atoms with Crippen LogP contribution in [0.4, 0.5) is 0 Å². The van der Waals surface area contributed by atoms with Gasteiger partial charge in [0.15, 0.2) is 37.7 Å². The van der Waals surface area contributed by atoms with Gasteiger partial charge in [-0.1, -0.05) is 0 Å². The molecule has 23 N–H and O–H groups in total. The Kier molecular flexibility index (Phi) is 27.3. The highest BCUT2D eigenvalue weighted by atomic mass is 16.8. The fraction of sp³-hybridized carbons (Fsp3) is 0.943. The van der Waals surface area contributed by atoms with Crippen molar-refractivity contribution in [3.05, 3.63) is 0 Å². The van der Waals surface area contributed by atoms with Crippen molar-refractivity contribution in [3.8, 4) is 0 Å². The lowest BCUT2D eigenvalue weighted by molar-refractivity contribution is -0.405. The molecule has 0 spiro atoms. The number of nitrogens with one attached hydrogen (secondary N) is 3. The monoisotopic (exact) mass is 1360 g/mol. The van der Waals surface area contributed by atoms with Gasteiger partial charge in [0.25, 0.3) is 5.79 Å². The van der Waals surface area contributed by atoms with Gasteiger partial charge in [-0.2, -0.15) is 0 Å². The molecule has 40 heteroatoms. The quantitative estimate of drug-likeness (QED) is 0.0404. The molecule has 0 aromatic heterocycles. The topological polar surface area (TPSA) is 621 Å². The third-order valence-electron chi connectivity index (χ3n) is 16.9. The van der Waals surface area contributed by atoms with Gasteiger partial charge >= 0.3 is 5.97 Å². The minimum atomic E-state index is -3.07. The van der Waals surface area contributed by atoms with E-state index >= 15 is 0 Å². The number of amides is 2. The molecule has 35 atom stereocenters. The van der Waals surface area contributed by atoms with Crippen molar-refractivity contribution < 1.29 is 183 Å². The van der Waals surface area contributed by atoms with Gasteiger partial charge in [0.05, 0.1) is 57.9 Å². The molecule has 0 saturated carbocycles. The molecule has 0 radical (unpaired) electrons. The van der Waals surface area contributed by atoms with E-state index in [0.29, 0.717) is 0 Å². The first-order valence-corrected chi connectivity index (χ1v) is 29.8. The van der Waals surface area contributed by atoms with Crippen LogP contribution in [0.1, 0.15) is 41.0 Å². The minimum Gasteiger partial charge on any atom is -0.477 e. The summed E-state index contributed by atoms with van der Waals surface area (Å²) in [6, 6.07) is -3.35. The van der Waals surface area contributed by atoms with Crippen molar-refractivity contribution >= 4 is 17.8 Å². The Morgan fingerprint density at radius 1 is 0.473 bits per heavy atom. The van der Waals surface area contributed by atoms with Gasteiger partial charge in [0.2, 0.25) is 11.8 Å². The van der Waals surface area contributed by atoms with E-state index in [1.165, 1.54) is 0 Å². The number of hydrogen-bond acceptors (Lipinski definition) is 37. The van der Waals surface area contributed by atoms with E-state index in [-0.39, 0.29) is 6.54 Å². The number of ether oxygens (including phenoxy) is 14. The smallest absolute Gasteiger partial charge is 0.364 e. The molecule has 0 aromatic carbocycles. The maximum atomic E-state index is 13.3. The van der Waals surface area contributed by atoms with Gasteiger partial charge in [-0.05, 0) is 20.8 Å². The van der Waals surface area contributed by atoms with Crippen LogP contribution in [0.25, 0.3) is 0 Å². The molecule has 0 aromatic rings. The lowest BCUT2D eigenvalue weighted by Crippen LogP contribution is -2.71. The SMILES string of the molecule is CO[C@@H]1C(CO)O[C@H](O[C@H]2C(CO)O[C@@H](O[C@@H]3C(CO)O[C@@H](O)C(O)[C@H]3O)C(O)[C@H]2O[C@@H]2OC(CO)[C@@H](O)[C@H](O)C2O)C(O)[C@H]1O[C@@H]1OC(CO)[C@@H](O[C@@H]2OC(CO)[C@H](O)[C@H](O[C@@]3(C(=O)O)C[C@@H](O)[C@H](NC(C)=O)C(C(O)CNC(C)(C)C)O3)C2O)[C@H](O)C1NC(C)=O. The lowest BCUT2D eigenvalue weighted by Gasteiger charge is -2.52. The average molecular weight is 1360 g/mol. The van der Waals surface area contributed by atoms with E-state index in [1.54, 1.807) is 20.8 Å². The molecule has 93 heavy (non-hydrogen) atoms. The molecule has 0 aliphatic carbocycles. The fourth-order valence-electron chi connectivity index (χ4n) is 12.0. The summed E-state index contributed by atoms with van der Waals surface area (Å²) >= 11 is 0. The first-order chi connectivity index (χ1) is 43.7. The van der Waals surface area contributed by atoms with Gasteiger partial charge in [-0.25, -0.2) is 4.79 Å². The van der Waals surface area contributed by atoms with Crippen LogP contribution in [0.3, 0.4) is 0 Å². The minimum absolute atomic E-state index is 0.300. The Morgan fingerprint density at radius 3 is 1.39 bits per heavy atom. The second kappa shape index (κ2) is 32.8. The predicted molar refractivity (Wildman–Crippen MR) is 292 cm³/mol. The summed E-state index contributed by atoms with van der Waals surface area (Å²) in [4.78, 5) is 38.5. The summed E-state index contributed by atoms with van der Waals surface area (Å²) < 4.78 is 81.9. The van der Waals surface area contributed by atoms with Crippen molar-refractivity contribution in [2.24, 2.45) is 0 Å². The van der Waals surface area contributed by atoms with Gasteiger partial charge in [-0.15, -0.1) is 0 Å². The Labute approximate surface area is 529 Å². The van der Waals surface area contributed by atoms with Gasteiger partial charge in [0, 0.05) is 39.5 Å². The van der Waals surface area contributed by atoms with E-state index in [2.05, 4.69) is 16.0 Å². The van der Waals surface area contributed by atoms with Crippen molar-refractivity contribution in [3.63, 3.8) is 0 Å². The molecular weight excluding hydrogens is 1270 g/mol. The Bertz CT molecular complexity index is 2370. The molecular formula is C53H91N3O37. The molecule has 7 heterocycles. The number of methoxy groups -OCH3 is 1. The summed E-state index contributed by atoms with van der Waals surface area (Å²) in [6.45, 7) is 0.636. The fourth-order valence-corrected chi connectivity index (χ4v) is 12.0.